The minimum atomic E-state index is -1.15. The minimum absolute atomic E-state index is 0.207. The van der Waals surface area contributed by atoms with Crippen molar-refractivity contribution in [1.82, 2.24) is 0 Å². The van der Waals surface area contributed by atoms with Crippen molar-refractivity contribution in [3.63, 3.8) is 0 Å². The highest BCUT2D eigenvalue weighted by atomic mass is 16.5. The van der Waals surface area contributed by atoms with Crippen LogP contribution in [0.4, 0.5) is 0 Å². The van der Waals surface area contributed by atoms with Gasteiger partial charge in [0.05, 0.1) is 0 Å². The molecule has 0 heterocycles. The predicted molar refractivity (Wildman–Crippen MR) is 81.7 cm³/mol. The molecule has 2 aromatic rings. The van der Waals surface area contributed by atoms with Crippen molar-refractivity contribution >= 4 is 11.8 Å². The Morgan fingerprint density at radius 3 is 2.45 bits per heavy atom. The normalized spacial score (nSPS) is 10.2. The van der Waals surface area contributed by atoms with Crippen LogP contribution in [0.3, 0.4) is 0 Å². The van der Waals surface area contributed by atoms with Crippen LogP contribution in [-0.4, -0.2) is 16.9 Å². The molecular formula is C17H17NO4. The standard InChI is InChI=1S/C17H17NO4/c18-10-14-8-13(15(19)9-17(20)21)6-7-16(14)22-11-12-4-2-1-3-5-12/h1-8H,9-11,18H2,(H,20,21). The summed E-state index contributed by atoms with van der Waals surface area (Å²) >= 11 is 0. The Morgan fingerprint density at radius 1 is 1.09 bits per heavy atom. The molecule has 0 amide bonds. The summed E-state index contributed by atoms with van der Waals surface area (Å²) in [6, 6.07) is 14.5. The molecule has 0 radical (unpaired) electrons. The lowest BCUT2D eigenvalue weighted by atomic mass is 10.0. The first-order valence-corrected chi connectivity index (χ1v) is 6.85. The molecule has 2 rings (SSSR count). The summed E-state index contributed by atoms with van der Waals surface area (Å²) in [5, 5.41) is 8.67. The van der Waals surface area contributed by atoms with Gasteiger partial charge in [0.2, 0.25) is 0 Å². The van der Waals surface area contributed by atoms with Crippen molar-refractivity contribution in [2.45, 2.75) is 19.6 Å². The van der Waals surface area contributed by atoms with Gasteiger partial charge >= 0.3 is 5.97 Å². The molecule has 5 nitrogen and oxygen atoms in total. The summed E-state index contributed by atoms with van der Waals surface area (Å²) in [5.41, 5.74) is 7.71. The quantitative estimate of drug-likeness (QED) is 0.605. The van der Waals surface area contributed by atoms with Crippen molar-refractivity contribution in [2.24, 2.45) is 5.73 Å². The van der Waals surface area contributed by atoms with Gasteiger partial charge < -0.3 is 15.6 Å². The van der Waals surface area contributed by atoms with Gasteiger partial charge in [0.1, 0.15) is 18.8 Å². The Labute approximate surface area is 128 Å². The number of aliphatic carboxylic acids is 1. The molecule has 0 aliphatic rings. The maximum Gasteiger partial charge on any atom is 0.311 e. The smallest absolute Gasteiger partial charge is 0.311 e. The largest absolute Gasteiger partial charge is 0.489 e. The molecule has 0 fully saturated rings. The van der Waals surface area contributed by atoms with Crippen molar-refractivity contribution in [3.05, 3.63) is 65.2 Å². The van der Waals surface area contributed by atoms with E-state index < -0.39 is 18.2 Å². The zero-order valence-electron chi connectivity index (χ0n) is 12.0. The zero-order chi connectivity index (χ0) is 15.9. The van der Waals surface area contributed by atoms with Crippen LogP contribution >= 0.6 is 0 Å². The Morgan fingerprint density at radius 2 is 1.82 bits per heavy atom. The van der Waals surface area contributed by atoms with E-state index in [-0.39, 0.29) is 6.54 Å². The van der Waals surface area contributed by atoms with E-state index in [0.29, 0.717) is 23.5 Å². The van der Waals surface area contributed by atoms with Gasteiger partial charge in [0.15, 0.2) is 5.78 Å². The number of carboxylic acids is 1. The topological polar surface area (TPSA) is 89.6 Å². The van der Waals surface area contributed by atoms with Crippen molar-refractivity contribution in [3.8, 4) is 5.75 Å². The van der Waals surface area contributed by atoms with Gasteiger partial charge in [0.25, 0.3) is 0 Å². The zero-order valence-corrected chi connectivity index (χ0v) is 12.0. The summed E-state index contributed by atoms with van der Waals surface area (Å²) in [4.78, 5) is 22.3. The van der Waals surface area contributed by atoms with Gasteiger partial charge in [0, 0.05) is 17.7 Å². The van der Waals surface area contributed by atoms with Crippen LogP contribution in [0.2, 0.25) is 0 Å². The number of carbonyl (C=O) groups excluding carboxylic acids is 1. The van der Waals surface area contributed by atoms with E-state index in [1.54, 1.807) is 18.2 Å². The van der Waals surface area contributed by atoms with Gasteiger partial charge in [-0.25, -0.2) is 0 Å². The van der Waals surface area contributed by atoms with Gasteiger partial charge in [-0.1, -0.05) is 30.3 Å². The molecule has 0 saturated carbocycles. The lowest BCUT2D eigenvalue weighted by Gasteiger charge is -2.12. The fourth-order valence-electron chi connectivity index (χ4n) is 2.03. The van der Waals surface area contributed by atoms with Crippen LogP contribution in [-0.2, 0) is 17.9 Å². The molecule has 2 aromatic carbocycles. The van der Waals surface area contributed by atoms with Crippen molar-refractivity contribution in [2.75, 3.05) is 0 Å². The lowest BCUT2D eigenvalue weighted by molar-refractivity contribution is -0.135. The maximum absolute atomic E-state index is 11.8. The first kappa shape index (κ1) is 15.7. The second-order valence-corrected chi connectivity index (χ2v) is 4.79. The molecule has 0 aliphatic carbocycles. The summed E-state index contributed by atoms with van der Waals surface area (Å²) < 4.78 is 5.72. The number of carbonyl (C=O) groups is 2. The van der Waals surface area contributed by atoms with Crippen LogP contribution in [0.5, 0.6) is 5.75 Å². The number of hydrogen-bond acceptors (Lipinski definition) is 4. The molecular weight excluding hydrogens is 282 g/mol. The minimum Gasteiger partial charge on any atom is -0.489 e. The van der Waals surface area contributed by atoms with Crippen LogP contribution < -0.4 is 10.5 Å². The average molecular weight is 299 g/mol. The average Bonchev–Trinajstić information content (AvgIpc) is 2.53. The molecule has 0 aliphatic heterocycles. The Balaban J connectivity index is 2.12. The maximum atomic E-state index is 11.8. The van der Waals surface area contributed by atoms with E-state index in [1.165, 1.54) is 0 Å². The van der Waals surface area contributed by atoms with Crippen LogP contribution in [0.15, 0.2) is 48.5 Å². The summed E-state index contributed by atoms with van der Waals surface area (Å²) in [6.45, 7) is 0.606. The molecule has 0 saturated heterocycles. The molecule has 5 heteroatoms. The van der Waals surface area contributed by atoms with Gasteiger partial charge in [-0.3, -0.25) is 9.59 Å². The molecule has 0 aromatic heterocycles. The predicted octanol–water partition coefficient (Wildman–Crippen LogP) is 2.38. The first-order chi connectivity index (χ1) is 10.6. The third kappa shape index (κ3) is 4.17. The fraction of sp³-hybridized carbons (Fsp3) is 0.176. The Bertz CT molecular complexity index is 668. The second-order valence-electron chi connectivity index (χ2n) is 4.79. The highest BCUT2D eigenvalue weighted by Gasteiger charge is 2.13. The molecule has 0 spiro atoms. The first-order valence-electron chi connectivity index (χ1n) is 6.85. The highest BCUT2D eigenvalue weighted by Crippen LogP contribution is 2.22. The second kappa shape index (κ2) is 7.38. The number of ether oxygens (including phenoxy) is 1. The number of rotatable bonds is 7. The highest BCUT2D eigenvalue weighted by molar-refractivity contribution is 6.05. The molecule has 0 bridgehead atoms. The van der Waals surface area contributed by atoms with E-state index in [4.69, 9.17) is 15.6 Å². The Hall–Kier alpha value is -2.66. The number of benzene rings is 2. The third-order valence-electron chi connectivity index (χ3n) is 3.15. The summed E-state index contributed by atoms with van der Waals surface area (Å²) in [6.07, 6.45) is -0.534. The fourth-order valence-corrected chi connectivity index (χ4v) is 2.03. The SMILES string of the molecule is NCc1cc(C(=O)CC(=O)O)ccc1OCc1ccccc1. The molecule has 0 unspecified atom stereocenters. The van der Waals surface area contributed by atoms with E-state index in [0.717, 1.165) is 5.56 Å². The number of hydrogen-bond donors (Lipinski definition) is 2. The molecule has 114 valence electrons. The van der Waals surface area contributed by atoms with E-state index in [1.807, 2.05) is 30.3 Å². The number of ketones is 1. The van der Waals surface area contributed by atoms with Gasteiger partial charge in [-0.05, 0) is 23.8 Å². The third-order valence-corrected chi connectivity index (χ3v) is 3.15. The summed E-state index contributed by atoms with van der Waals surface area (Å²) in [7, 11) is 0. The monoisotopic (exact) mass is 299 g/mol. The molecule has 0 atom stereocenters. The van der Waals surface area contributed by atoms with Crippen molar-refractivity contribution in [1.29, 1.82) is 0 Å². The van der Waals surface area contributed by atoms with E-state index >= 15 is 0 Å². The lowest BCUT2D eigenvalue weighted by Crippen LogP contribution is -2.09. The summed E-state index contributed by atoms with van der Waals surface area (Å²) in [5.74, 6) is -1.00. The molecule has 22 heavy (non-hydrogen) atoms. The van der Waals surface area contributed by atoms with Crippen LogP contribution in [0.1, 0.15) is 27.9 Å². The number of nitrogens with two attached hydrogens (primary N) is 1. The van der Waals surface area contributed by atoms with Gasteiger partial charge in [-0.15, -0.1) is 0 Å². The Kier molecular flexibility index (Phi) is 5.27. The van der Waals surface area contributed by atoms with E-state index in [2.05, 4.69) is 0 Å². The molecule has 3 N–H and O–H groups in total. The van der Waals surface area contributed by atoms with Gasteiger partial charge in [-0.2, -0.15) is 0 Å². The van der Waals surface area contributed by atoms with Crippen LogP contribution in [0.25, 0.3) is 0 Å². The van der Waals surface area contributed by atoms with E-state index in [9.17, 15) is 9.59 Å². The van der Waals surface area contributed by atoms with Crippen molar-refractivity contribution < 1.29 is 19.4 Å². The number of Topliss-reactive ketones (excluding diaryl/α,β-unsaturated/α-hetero) is 1. The van der Waals surface area contributed by atoms with Crippen LogP contribution in [0, 0.1) is 0 Å². The number of carboxylic acid groups (broad SMARTS) is 1.